The Labute approximate surface area is 121 Å². The summed E-state index contributed by atoms with van der Waals surface area (Å²) in [7, 11) is 1.00. The molecule has 0 heterocycles. The van der Waals surface area contributed by atoms with E-state index in [9.17, 15) is 19.0 Å². The molecule has 1 saturated carbocycles. The molecule has 4 atom stereocenters. The number of halogens is 2. The Morgan fingerprint density at radius 1 is 1.14 bits per heavy atom. The number of hydrogen-bond donors (Lipinski definition) is 4. The maximum absolute atomic E-state index is 14.0. The molecule has 1 aromatic rings. The molecule has 0 saturated heterocycles. The van der Waals surface area contributed by atoms with Crippen LogP contribution in [0.1, 0.15) is 13.3 Å². The number of hydrogen-bond acceptors (Lipinski definition) is 5. The third kappa shape index (κ3) is 3.81. The second-order valence-corrected chi connectivity index (χ2v) is 4.86. The first kappa shape index (κ1) is 17.6. The summed E-state index contributed by atoms with van der Waals surface area (Å²) in [4.78, 5) is 0. The van der Waals surface area contributed by atoms with Crippen LogP contribution in [0.2, 0.25) is 0 Å². The van der Waals surface area contributed by atoms with E-state index in [1.165, 1.54) is 31.2 Å². The van der Waals surface area contributed by atoms with Gasteiger partial charge in [0.25, 0.3) is 5.92 Å². The Kier molecular flexibility index (Phi) is 5.88. The number of phenolic OH excluding ortho intramolecular Hbond substituents is 1. The predicted octanol–water partition coefficient (Wildman–Crippen LogP) is 1.14. The van der Waals surface area contributed by atoms with Gasteiger partial charge in [0.05, 0.1) is 18.1 Å². The maximum Gasteiger partial charge on any atom is 0.289 e. The van der Waals surface area contributed by atoms with Gasteiger partial charge in [0.1, 0.15) is 11.5 Å². The molecule has 1 aliphatic carbocycles. The second-order valence-electron chi connectivity index (χ2n) is 4.86. The van der Waals surface area contributed by atoms with Gasteiger partial charge >= 0.3 is 0 Å². The summed E-state index contributed by atoms with van der Waals surface area (Å²) in [6.07, 6.45) is -4.56. The minimum atomic E-state index is -3.24. The zero-order valence-electron chi connectivity index (χ0n) is 11.8. The molecule has 2 rings (SSSR count). The number of alkyl halides is 2. The number of rotatable bonds is 2. The number of aliphatic hydroxyl groups is 3. The van der Waals surface area contributed by atoms with E-state index in [0.29, 0.717) is 0 Å². The van der Waals surface area contributed by atoms with Crippen molar-refractivity contribution in [3.8, 4) is 11.5 Å². The fraction of sp³-hybridized carbons (Fsp3) is 0.571. The lowest BCUT2D eigenvalue weighted by Gasteiger charge is -2.41. The molecule has 0 aliphatic heterocycles. The summed E-state index contributed by atoms with van der Waals surface area (Å²) in [6.45, 7) is 1.18. The SMILES string of the molecule is CC1[C@@H](O)C(O)C[C@@H](Oc2ccc(O)cc2)C1(F)F.CO. The van der Waals surface area contributed by atoms with Crippen molar-refractivity contribution in [2.75, 3.05) is 7.11 Å². The van der Waals surface area contributed by atoms with Crippen LogP contribution in [0, 0.1) is 5.92 Å². The largest absolute Gasteiger partial charge is 0.508 e. The first-order valence-corrected chi connectivity index (χ1v) is 6.46. The van der Waals surface area contributed by atoms with Crippen LogP contribution in [0.5, 0.6) is 11.5 Å². The quantitative estimate of drug-likeness (QED) is 0.658. The van der Waals surface area contributed by atoms with Crippen molar-refractivity contribution in [2.24, 2.45) is 5.92 Å². The fourth-order valence-corrected chi connectivity index (χ4v) is 2.19. The van der Waals surface area contributed by atoms with Crippen molar-refractivity contribution in [3.05, 3.63) is 24.3 Å². The monoisotopic (exact) mass is 306 g/mol. The predicted molar refractivity (Wildman–Crippen MR) is 71.4 cm³/mol. The lowest BCUT2D eigenvalue weighted by Crippen LogP contribution is -2.57. The van der Waals surface area contributed by atoms with Crippen LogP contribution in [0.15, 0.2) is 24.3 Å². The average Bonchev–Trinajstić information content (AvgIpc) is 2.47. The van der Waals surface area contributed by atoms with E-state index in [4.69, 9.17) is 14.9 Å². The van der Waals surface area contributed by atoms with Crippen molar-refractivity contribution in [1.29, 1.82) is 0 Å². The smallest absolute Gasteiger partial charge is 0.289 e. The lowest BCUT2D eigenvalue weighted by atomic mass is 9.80. The molecule has 0 amide bonds. The Bertz CT molecular complexity index is 437. The van der Waals surface area contributed by atoms with Crippen molar-refractivity contribution >= 4 is 0 Å². The van der Waals surface area contributed by atoms with Crippen molar-refractivity contribution < 1.29 is 33.9 Å². The molecule has 120 valence electrons. The standard InChI is InChI=1S/C13H16F2O4.CH4O/c1-7-12(18)10(17)6-11(13(7,14)15)19-9-4-2-8(16)3-5-9;1-2/h2-5,7,10-12,16-18H,6H2,1H3;2H,1H3/t7?,10?,11-,12-;/m1./s1. The van der Waals surface area contributed by atoms with Crippen LogP contribution in [-0.4, -0.2) is 51.8 Å². The summed E-state index contributed by atoms with van der Waals surface area (Å²) in [5.41, 5.74) is 0. The van der Waals surface area contributed by atoms with E-state index in [1.807, 2.05) is 0 Å². The Morgan fingerprint density at radius 2 is 1.67 bits per heavy atom. The molecule has 1 aliphatic rings. The molecule has 0 radical (unpaired) electrons. The van der Waals surface area contributed by atoms with E-state index < -0.39 is 30.2 Å². The van der Waals surface area contributed by atoms with E-state index in [1.54, 1.807) is 0 Å². The Balaban J connectivity index is 0.00000106. The molecule has 4 N–H and O–H groups in total. The highest BCUT2D eigenvalue weighted by molar-refractivity contribution is 5.30. The van der Waals surface area contributed by atoms with Gasteiger partial charge in [0.15, 0.2) is 6.10 Å². The number of ether oxygens (including phenoxy) is 1. The number of phenols is 1. The van der Waals surface area contributed by atoms with Gasteiger partial charge in [-0.25, -0.2) is 8.78 Å². The van der Waals surface area contributed by atoms with Crippen molar-refractivity contribution in [1.82, 2.24) is 0 Å². The van der Waals surface area contributed by atoms with Gasteiger partial charge in [-0.2, -0.15) is 0 Å². The number of aromatic hydroxyl groups is 1. The first-order valence-electron chi connectivity index (χ1n) is 6.46. The van der Waals surface area contributed by atoms with Gasteiger partial charge in [-0.1, -0.05) is 6.92 Å². The highest BCUT2D eigenvalue weighted by atomic mass is 19.3. The Morgan fingerprint density at radius 3 is 2.19 bits per heavy atom. The zero-order valence-corrected chi connectivity index (χ0v) is 11.8. The third-order valence-electron chi connectivity index (χ3n) is 3.51. The van der Waals surface area contributed by atoms with Gasteiger partial charge in [0.2, 0.25) is 0 Å². The summed E-state index contributed by atoms with van der Waals surface area (Å²) in [6, 6.07) is 5.39. The Hall–Kier alpha value is -1.44. The van der Waals surface area contributed by atoms with E-state index >= 15 is 0 Å². The van der Waals surface area contributed by atoms with Gasteiger partial charge in [-0.05, 0) is 24.3 Å². The minimum Gasteiger partial charge on any atom is -0.508 e. The molecule has 1 fully saturated rings. The first-order chi connectivity index (χ1) is 9.82. The molecule has 2 unspecified atom stereocenters. The second kappa shape index (κ2) is 7.02. The van der Waals surface area contributed by atoms with Crippen LogP contribution in [-0.2, 0) is 0 Å². The molecule has 1 aromatic carbocycles. The van der Waals surface area contributed by atoms with E-state index in [0.717, 1.165) is 7.11 Å². The molecular formula is C14H20F2O5. The molecule has 7 heteroatoms. The summed E-state index contributed by atoms with van der Waals surface area (Å²) in [5, 5.41) is 35.2. The summed E-state index contributed by atoms with van der Waals surface area (Å²) >= 11 is 0. The van der Waals surface area contributed by atoms with Gasteiger partial charge in [0, 0.05) is 13.5 Å². The van der Waals surface area contributed by atoms with Crippen molar-refractivity contribution in [3.63, 3.8) is 0 Å². The van der Waals surface area contributed by atoms with E-state index in [-0.39, 0.29) is 17.9 Å². The van der Waals surface area contributed by atoms with E-state index in [2.05, 4.69) is 0 Å². The molecule has 5 nitrogen and oxygen atoms in total. The lowest BCUT2D eigenvalue weighted by molar-refractivity contribution is -0.215. The van der Waals surface area contributed by atoms with Crippen LogP contribution in [0.3, 0.4) is 0 Å². The minimum absolute atomic E-state index is 0.00609. The maximum atomic E-state index is 14.0. The molecule has 21 heavy (non-hydrogen) atoms. The normalized spacial score (nSPS) is 31.0. The van der Waals surface area contributed by atoms with Gasteiger partial charge in [-0.3, -0.25) is 0 Å². The molecular weight excluding hydrogens is 286 g/mol. The molecule has 0 aromatic heterocycles. The van der Waals surface area contributed by atoms with Crippen molar-refractivity contribution in [2.45, 2.75) is 37.6 Å². The highest BCUT2D eigenvalue weighted by Gasteiger charge is 2.55. The number of benzene rings is 1. The van der Waals surface area contributed by atoms with Crippen LogP contribution >= 0.6 is 0 Å². The number of aliphatic hydroxyl groups excluding tert-OH is 3. The highest BCUT2D eigenvalue weighted by Crippen LogP contribution is 2.40. The average molecular weight is 306 g/mol. The third-order valence-corrected chi connectivity index (χ3v) is 3.51. The molecule has 0 bridgehead atoms. The van der Waals surface area contributed by atoms with Crippen LogP contribution < -0.4 is 4.74 Å². The van der Waals surface area contributed by atoms with Crippen LogP contribution in [0.25, 0.3) is 0 Å². The van der Waals surface area contributed by atoms with Gasteiger partial charge < -0.3 is 25.2 Å². The molecule has 0 spiro atoms. The summed E-state index contributed by atoms with van der Waals surface area (Å²) in [5.74, 6) is -4.44. The summed E-state index contributed by atoms with van der Waals surface area (Å²) < 4.78 is 33.2. The topological polar surface area (TPSA) is 90.2 Å². The van der Waals surface area contributed by atoms with Gasteiger partial charge in [-0.15, -0.1) is 0 Å². The zero-order chi connectivity index (χ0) is 16.2. The van der Waals surface area contributed by atoms with Crippen LogP contribution in [0.4, 0.5) is 8.78 Å². The fourth-order valence-electron chi connectivity index (χ4n) is 2.19.